The average molecular weight is 391 g/mol. The minimum Gasteiger partial charge on any atom is -0.454 e. The van der Waals surface area contributed by atoms with Gasteiger partial charge < -0.3 is 9.30 Å². The lowest BCUT2D eigenvalue weighted by Crippen LogP contribution is -2.23. The van der Waals surface area contributed by atoms with E-state index in [2.05, 4.69) is 4.98 Å². The number of carbonyl (C=O) groups excluding carboxylic acids is 2. The van der Waals surface area contributed by atoms with E-state index in [1.165, 1.54) is 0 Å². The van der Waals surface area contributed by atoms with Crippen molar-refractivity contribution in [2.45, 2.75) is 20.4 Å². The lowest BCUT2D eigenvalue weighted by molar-refractivity contribution is 0.0476. The van der Waals surface area contributed by atoms with Crippen molar-refractivity contribution in [3.8, 4) is 0 Å². The normalized spacial score (nSPS) is 10.9. The molecule has 0 saturated heterocycles. The molecule has 0 aliphatic heterocycles. The molecule has 2 heterocycles. The summed E-state index contributed by atoms with van der Waals surface area (Å²) in [6, 6.07) is 7.98. The van der Waals surface area contributed by atoms with Gasteiger partial charge in [-0.2, -0.15) is 0 Å². The van der Waals surface area contributed by atoms with Crippen LogP contribution in [0.5, 0.6) is 0 Å². The average Bonchev–Trinajstić information content (AvgIpc) is 3.06. The molecule has 0 atom stereocenters. The fourth-order valence-electron chi connectivity index (χ4n) is 2.57. The summed E-state index contributed by atoms with van der Waals surface area (Å²) in [6.45, 7) is 3.63. The minimum absolute atomic E-state index is 0.157. The number of esters is 1. The molecule has 0 amide bonds. The third kappa shape index (κ3) is 3.54. The standard InChI is InChI=1S/C18H15ClN2O4S/c1-3-21-13-5-4-11(8-12(13)20-10(2)17(21)23)18(24)25-9-14(22)15-6-7-16(19)26-15/h4-8H,3,9H2,1-2H3. The molecule has 0 radical (unpaired) electrons. The molecule has 6 nitrogen and oxygen atoms in total. The predicted molar refractivity (Wildman–Crippen MR) is 100 cm³/mol. The minimum atomic E-state index is -0.628. The summed E-state index contributed by atoms with van der Waals surface area (Å²) in [6.07, 6.45) is 0. The van der Waals surface area contributed by atoms with Gasteiger partial charge in [0.1, 0.15) is 5.69 Å². The molecule has 3 aromatic rings. The number of ether oxygens (including phenoxy) is 1. The zero-order chi connectivity index (χ0) is 18.8. The maximum absolute atomic E-state index is 12.2. The number of hydrogen-bond donors (Lipinski definition) is 0. The molecule has 1 aromatic carbocycles. The number of ketones is 1. The van der Waals surface area contributed by atoms with Gasteiger partial charge in [0, 0.05) is 6.54 Å². The SMILES string of the molecule is CCn1c(=O)c(C)nc2cc(C(=O)OCC(=O)c3ccc(Cl)s3)ccc21. The van der Waals surface area contributed by atoms with Crippen LogP contribution in [-0.4, -0.2) is 27.9 Å². The van der Waals surface area contributed by atoms with Gasteiger partial charge in [-0.1, -0.05) is 11.6 Å². The highest BCUT2D eigenvalue weighted by atomic mass is 35.5. The van der Waals surface area contributed by atoms with Gasteiger partial charge in [-0.15, -0.1) is 11.3 Å². The molecule has 134 valence electrons. The Kier molecular flexibility index (Phi) is 5.20. The zero-order valence-corrected chi connectivity index (χ0v) is 15.7. The van der Waals surface area contributed by atoms with Crippen molar-refractivity contribution >= 4 is 45.7 Å². The van der Waals surface area contributed by atoms with E-state index in [1.807, 2.05) is 6.92 Å². The van der Waals surface area contributed by atoms with Gasteiger partial charge in [0.15, 0.2) is 6.61 Å². The fourth-order valence-corrected chi connectivity index (χ4v) is 3.53. The van der Waals surface area contributed by atoms with E-state index in [9.17, 15) is 14.4 Å². The number of rotatable bonds is 5. The van der Waals surface area contributed by atoms with Crippen molar-refractivity contribution in [1.29, 1.82) is 0 Å². The first-order valence-corrected chi connectivity index (χ1v) is 9.07. The molecule has 0 aliphatic carbocycles. The van der Waals surface area contributed by atoms with Crippen LogP contribution in [-0.2, 0) is 11.3 Å². The fraction of sp³-hybridized carbons (Fsp3) is 0.222. The van der Waals surface area contributed by atoms with E-state index in [0.717, 1.165) is 11.3 Å². The van der Waals surface area contributed by atoms with Crippen molar-refractivity contribution in [2.75, 3.05) is 6.61 Å². The first-order valence-electron chi connectivity index (χ1n) is 7.87. The van der Waals surface area contributed by atoms with Crippen LogP contribution in [0.1, 0.15) is 32.6 Å². The smallest absolute Gasteiger partial charge is 0.338 e. The summed E-state index contributed by atoms with van der Waals surface area (Å²) >= 11 is 6.93. The number of thiophene rings is 1. The number of aromatic nitrogens is 2. The molecular formula is C18H15ClN2O4S. The van der Waals surface area contributed by atoms with Crippen LogP contribution >= 0.6 is 22.9 Å². The number of nitrogens with zero attached hydrogens (tertiary/aromatic N) is 2. The molecule has 0 aliphatic rings. The van der Waals surface area contributed by atoms with Gasteiger partial charge >= 0.3 is 5.97 Å². The van der Waals surface area contributed by atoms with Crippen LogP contribution in [0, 0.1) is 6.92 Å². The third-order valence-corrected chi connectivity index (χ3v) is 5.12. The quantitative estimate of drug-likeness (QED) is 0.492. The first kappa shape index (κ1) is 18.3. The summed E-state index contributed by atoms with van der Waals surface area (Å²) in [7, 11) is 0. The maximum Gasteiger partial charge on any atom is 0.338 e. The van der Waals surface area contributed by atoms with Gasteiger partial charge in [0.2, 0.25) is 5.78 Å². The summed E-state index contributed by atoms with van der Waals surface area (Å²) < 4.78 is 7.18. The molecule has 2 aromatic heterocycles. The Morgan fingerprint density at radius 1 is 1.27 bits per heavy atom. The van der Waals surface area contributed by atoms with Crippen LogP contribution in [0.4, 0.5) is 0 Å². The highest BCUT2D eigenvalue weighted by molar-refractivity contribution is 7.18. The van der Waals surface area contributed by atoms with E-state index >= 15 is 0 Å². The van der Waals surface area contributed by atoms with Crippen molar-refractivity contribution in [3.05, 3.63) is 61.2 Å². The number of Topliss-reactive ketones (excluding diaryl/α,β-unsaturated/α-hetero) is 1. The van der Waals surface area contributed by atoms with Gasteiger partial charge in [-0.05, 0) is 44.2 Å². The monoisotopic (exact) mass is 390 g/mol. The Hall–Kier alpha value is -2.51. The van der Waals surface area contributed by atoms with Crippen LogP contribution in [0.15, 0.2) is 35.1 Å². The highest BCUT2D eigenvalue weighted by Crippen LogP contribution is 2.22. The molecule has 0 spiro atoms. The Balaban J connectivity index is 1.81. The van der Waals surface area contributed by atoms with Crippen molar-refractivity contribution in [1.82, 2.24) is 9.55 Å². The molecule has 0 unspecified atom stereocenters. The van der Waals surface area contributed by atoms with Crippen molar-refractivity contribution in [2.24, 2.45) is 0 Å². The van der Waals surface area contributed by atoms with Gasteiger partial charge in [0.25, 0.3) is 5.56 Å². The molecule has 0 fully saturated rings. The second-order valence-corrected chi connectivity index (χ2v) is 7.27. The Bertz CT molecular complexity index is 1070. The van der Waals surface area contributed by atoms with Crippen LogP contribution in [0.3, 0.4) is 0 Å². The van der Waals surface area contributed by atoms with Crippen LogP contribution in [0.25, 0.3) is 11.0 Å². The van der Waals surface area contributed by atoms with Gasteiger partial charge in [-0.3, -0.25) is 9.59 Å². The van der Waals surface area contributed by atoms with Crippen LogP contribution in [0.2, 0.25) is 4.34 Å². The number of aryl methyl sites for hydroxylation is 2. The lowest BCUT2D eigenvalue weighted by Gasteiger charge is -2.10. The zero-order valence-electron chi connectivity index (χ0n) is 14.1. The van der Waals surface area contributed by atoms with Gasteiger partial charge in [-0.25, -0.2) is 9.78 Å². The van der Waals surface area contributed by atoms with Crippen LogP contribution < -0.4 is 5.56 Å². The second kappa shape index (κ2) is 7.39. The molecule has 3 rings (SSSR count). The first-order chi connectivity index (χ1) is 12.4. The Labute approximate surface area is 158 Å². The highest BCUT2D eigenvalue weighted by Gasteiger charge is 2.15. The van der Waals surface area contributed by atoms with E-state index in [1.54, 1.807) is 41.8 Å². The number of fused-ring (bicyclic) bond motifs is 1. The van der Waals surface area contributed by atoms with E-state index in [-0.39, 0.29) is 23.5 Å². The third-order valence-electron chi connectivity index (χ3n) is 3.84. The van der Waals surface area contributed by atoms with E-state index in [4.69, 9.17) is 16.3 Å². The Morgan fingerprint density at radius 3 is 2.69 bits per heavy atom. The molecule has 0 N–H and O–H groups in total. The van der Waals surface area contributed by atoms with Gasteiger partial charge in [0.05, 0.1) is 25.8 Å². The Morgan fingerprint density at radius 2 is 2.04 bits per heavy atom. The topological polar surface area (TPSA) is 78.3 Å². The number of benzene rings is 1. The summed E-state index contributed by atoms with van der Waals surface area (Å²) in [5.41, 5.74) is 1.63. The molecule has 0 saturated carbocycles. The summed E-state index contributed by atoms with van der Waals surface area (Å²) in [5.74, 6) is -0.943. The van der Waals surface area contributed by atoms with E-state index in [0.29, 0.717) is 32.5 Å². The summed E-state index contributed by atoms with van der Waals surface area (Å²) in [4.78, 5) is 41.0. The second-order valence-electron chi connectivity index (χ2n) is 5.55. The predicted octanol–water partition coefficient (Wildman–Crippen LogP) is 3.48. The van der Waals surface area contributed by atoms with E-state index < -0.39 is 5.97 Å². The number of halogens is 1. The summed E-state index contributed by atoms with van der Waals surface area (Å²) in [5, 5.41) is 0. The molecule has 0 bridgehead atoms. The molecular weight excluding hydrogens is 376 g/mol. The van der Waals surface area contributed by atoms with Crippen molar-refractivity contribution in [3.63, 3.8) is 0 Å². The van der Waals surface area contributed by atoms with Crippen molar-refractivity contribution < 1.29 is 14.3 Å². The number of hydrogen-bond acceptors (Lipinski definition) is 6. The molecule has 8 heteroatoms. The number of carbonyl (C=O) groups is 2. The largest absolute Gasteiger partial charge is 0.454 e. The lowest BCUT2D eigenvalue weighted by atomic mass is 10.2. The molecule has 26 heavy (non-hydrogen) atoms. The maximum atomic E-state index is 12.2.